The SMILES string of the molecule is CC(=O)C[C@@H](CO)C(=O)N[C@@H](CCCCN)C(=O)N[C@@H](Cc1ccccc1)C(=O)N[C@@H](CCCN=C(N)N)C(=O)c1nccs1.S.S.S.S. The smallest absolute Gasteiger partial charge is 0.243 e. The van der Waals surface area contributed by atoms with Crippen molar-refractivity contribution in [2.24, 2.45) is 28.1 Å². The molecule has 2 rings (SSSR count). The number of nitrogens with two attached hydrogens (primary N) is 3. The minimum atomic E-state index is -1.12. The van der Waals surface area contributed by atoms with Crippen molar-refractivity contribution in [2.75, 3.05) is 19.7 Å². The van der Waals surface area contributed by atoms with Crippen LogP contribution in [0.3, 0.4) is 0 Å². The summed E-state index contributed by atoms with van der Waals surface area (Å²) in [7, 11) is 0. The summed E-state index contributed by atoms with van der Waals surface area (Å²) in [6.45, 7) is 1.36. The number of aliphatic imine (C=N–C) groups is 1. The van der Waals surface area contributed by atoms with Crippen molar-refractivity contribution in [1.82, 2.24) is 20.9 Å². The number of aliphatic hydroxyl groups is 1. The molecule has 1 aromatic heterocycles. The van der Waals surface area contributed by atoms with E-state index in [2.05, 4.69) is 25.9 Å². The number of rotatable bonds is 21. The van der Waals surface area contributed by atoms with Crippen LogP contribution in [0.25, 0.3) is 0 Å². The highest BCUT2D eigenvalue weighted by Crippen LogP contribution is 2.13. The second-order valence-electron chi connectivity index (χ2n) is 10.6. The lowest BCUT2D eigenvalue weighted by Crippen LogP contribution is -2.57. The number of thiazole rings is 1. The van der Waals surface area contributed by atoms with Crippen molar-refractivity contribution in [3.05, 3.63) is 52.5 Å². The highest BCUT2D eigenvalue weighted by molar-refractivity contribution is 7.59. The van der Waals surface area contributed by atoms with Gasteiger partial charge in [0, 0.05) is 31.0 Å². The second-order valence-corrected chi connectivity index (χ2v) is 11.5. The summed E-state index contributed by atoms with van der Waals surface area (Å²) < 4.78 is 0. The lowest BCUT2D eigenvalue weighted by atomic mass is 10.00. The van der Waals surface area contributed by atoms with Crippen LogP contribution in [0, 0.1) is 5.92 Å². The average Bonchev–Trinajstić information content (AvgIpc) is 3.55. The first-order valence-electron chi connectivity index (χ1n) is 14.8. The molecule has 49 heavy (non-hydrogen) atoms. The summed E-state index contributed by atoms with van der Waals surface area (Å²) >= 11 is 1.14. The van der Waals surface area contributed by atoms with Gasteiger partial charge in [-0.05, 0) is 51.1 Å². The zero-order valence-corrected chi connectivity index (χ0v) is 32.3. The molecule has 14 nitrogen and oxygen atoms in total. The average molecular weight is 781 g/mol. The third-order valence-corrected chi connectivity index (χ3v) is 7.63. The number of aromatic nitrogens is 1. The van der Waals surface area contributed by atoms with Crippen LogP contribution in [0.2, 0.25) is 0 Å². The van der Waals surface area contributed by atoms with Crippen LogP contribution in [0.5, 0.6) is 0 Å². The molecule has 19 heteroatoms. The van der Waals surface area contributed by atoms with Gasteiger partial charge in [-0.3, -0.25) is 24.2 Å². The van der Waals surface area contributed by atoms with Crippen molar-refractivity contribution in [1.29, 1.82) is 0 Å². The Morgan fingerprint density at radius 1 is 0.857 bits per heavy atom. The highest BCUT2D eigenvalue weighted by atomic mass is 32.1. The lowest BCUT2D eigenvalue weighted by molar-refractivity contribution is -0.135. The molecule has 0 aliphatic carbocycles. The third kappa shape index (κ3) is 19.2. The van der Waals surface area contributed by atoms with Gasteiger partial charge >= 0.3 is 0 Å². The number of guanidine groups is 1. The lowest BCUT2D eigenvalue weighted by Gasteiger charge is -2.26. The van der Waals surface area contributed by atoms with Crippen molar-refractivity contribution in [2.45, 2.75) is 70.0 Å². The molecular weight excluding hydrogens is 729 g/mol. The van der Waals surface area contributed by atoms with Gasteiger partial charge in [0.15, 0.2) is 11.0 Å². The summed E-state index contributed by atoms with van der Waals surface area (Å²) in [5.41, 5.74) is 17.2. The van der Waals surface area contributed by atoms with Crippen LogP contribution < -0.4 is 33.2 Å². The van der Waals surface area contributed by atoms with E-state index in [0.717, 1.165) is 16.9 Å². The minimum Gasteiger partial charge on any atom is -0.396 e. The van der Waals surface area contributed by atoms with Crippen LogP contribution >= 0.6 is 65.3 Å². The number of amides is 3. The summed E-state index contributed by atoms with van der Waals surface area (Å²) in [6.07, 6.45) is 3.30. The summed E-state index contributed by atoms with van der Waals surface area (Å²) in [4.78, 5) is 73.1. The number of nitrogens with zero attached hydrogens (tertiary/aromatic N) is 2. The molecule has 0 fully saturated rings. The van der Waals surface area contributed by atoms with Gasteiger partial charge in [0.1, 0.15) is 17.9 Å². The topological polar surface area (TPSA) is 245 Å². The molecule has 0 bridgehead atoms. The first-order valence-corrected chi connectivity index (χ1v) is 15.7. The van der Waals surface area contributed by atoms with Gasteiger partial charge in [-0.25, -0.2) is 4.98 Å². The number of benzene rings is 1. The Hall–Kier alpha value is -2.81. The first-order chi connectivity index (χ1) is 21.5. The second kappa shape index (κ2) is 27.9. The maximum atomic E-state index is 13.8. The standard InChI is InChI=1S/C30H44N8O6S.4H2S/c1-19(40)16-21(18-39)26(42)37-23(10-5-6-12-31)27(43)38-24(17-20-8-3-2-4-9-20)28(44)36-22(11-7-13-35-30(32)33)25(41)29-34-14-15-45-29;;;;/h2-4,8-9,14-15,21-24,39H,5-7,10-13,16-18,31H2,1H3,(H,36,44)(H,37,42)(H,38,43)(H4,32,33,35);4*1H2/t21-,22-,23-,24-;;;;/m0..../s1. The largest absolute Gasteiger partial charge is 0.396 e. The molecule has 0 saturated heterocycles. The Morgan fingerprint density at radius 3 is 2.00 bits per heavy atom. The molecule has 0 radical (unpaired) electrons. The van der Waals surface area contributed by atoms with E-state index in [0.29, 0.717) is 25.8 Å². The van der Waals surface area contributed by atoms with Gasteiger partial charge in [0.25, 0.3) is 0 Å². The molecular formula is C30H52N8O6S5. The number of Topliss-reactive ketones (excluding diaryl/α,β-unsaturated/α-hetero) is 2. The Bertz CT molecular complexity index is 1290. The Morgan fingerprint density at radius 2 is 1.45 bits per heavy atom. The number of unbranched alkanes of at least 4 members (excludes halogenated alkanes) is 1. The minimum absolute atomic E-state index is 0. The third-order valence-electron chi connectivity index (χ3n) is 6.84. The summed E-state index contributed by atoms with van der Waals surface area (Å²) in [6, 6.07) is 5.85. The van der Waals surface area contributed by atoms with Crippen molar-refractivity contribution in [3.63, 3.8) is 0 Å². The molecule has 2 aromatic rings. The molecule has 0 spiro atoms. The molecule has 1 heterocycles. The van der Waals surface area contributed by atoms with Gasteiger partial charge in [-0.1, -0.05) is 30.3 Å². The maximum absolute atomic E-state index is 13.8. The van der Waals surface area contributed by atoms with E-state index in [-0.39, 0.29) is 109 Å². The van der Waals surface area contributed by atoms with Crippen LogP contribution in [-0.2, 0) is 25.6 Å². The van der Waals surface area contributed by atoms with Gasteiger partial charge in [-0.15, -0.1) is 11.3 Å². The van der Waals surface area contributed by atoms with Gasteiger partial charge in [0.2, 0.25) is 23.5 Å². The molecule has 0 saturated carbocycles. The van der Waals surface area contributed by atoms with Crippen LogP contribution in [0.15, 0.2) is 46.9 Å². The van der Waals surface area contributed by atoms with E-state index in [9.17, 15) is 29.1 Å². The number of aliphatic hydroxyl groups excluding tert-OH is 1. The van der Waals surface area contributed by atoms with E-state index in [4.69, 9.17) is 17.2 Å². The van der Waals surface area contributed by atoms with E-state index in [1.54, 1.807) is 29.6 Å². The molecule has 278 valence electrons. The monoisotopic (exact) mass is 780 g/mol. The fourth-order valence-corrected chi connectivity index (χ4v) is 5.14. The van der Waals surface area contributed by atoms with E-state index < -0.39 is 48.4 Å². The number of carbonyl (C=O) groups is 5. The quantitative estimate of drug-likeness (QED) is 0.0394. The zero-order valence-electron chi connectivity index (χ0n) is 27.4. The molecule has 0 aliphatic heterocycles. The predicted molar refractivity (Wildman–Crippen MR) is 213 cm³/mol. The number of carbonyl (C=O) groups excluding carboxylic acids is 5. The van der Waals surface area contributed by atoms with Gasteiger partial charge < -0.3 is 43.1 Å². The van der Waals surface area contributed by atoms with E-state index in [1.165, 1.54) is 13.1 Å². The van der Waals surface area contributed by atoms with E-state index >= 15 is 0 Å². The highest BCUT2D eigenvalue weighted by Gasteiger charge is 2.32. The van der Waals surface area contributed by atoms with E-state index in [1.807, 2.05) is 6.07 Å². The molecule has 4 atom stereocenters. The Labute approximate surface area is 319 Å². The van der Waals surface area contributed by atoms with Gasteiger partial charge in [-0.2, -0.15) is 54.0 Å². The number of nitrogens with one attached hydrogen (secondary N) is 3. The first kappa shape index (κ1) is 50.6. The fraction of sp³-hybridized carbons (Fsp3) is 0.500. The Kier molecular flexibility index (Phi) is 28.8. The maximum Gasteiger partial charge on any atom is 0.243 e. The predicted octanol–water partition coefficient (Wildman–Crippen LogP) is 0.244. The van der Waals surface area contributed by atoms with Crippen molar-refractivity contribution < 1.29 is 29.1 Å². The van der Waals surface area contributed by atoms with Crippen molar-refractivity contribution in [3.8, 4) is 0 Å². The van der Waals surface area contributed by atoms with Crippen LogP contribution in [-0.4, -0.2) is 83.2 Å². The van der Waals surface area contributed by atoms with Crippen LogP contribution in [0.1, 0.15) is 60.8 Å². The molecule has 0 aliphatic rings. The fourth-order valence-electron chi connectivity index (χ4n) is 4.51. The summed E-state index contributed by atoms with van der Waals surface area (Å²) in [5.74, 6) is -3.68. The van der Waals surface area contributed by atoms with Crippen LogP contribution in [0.4, 0.5) is 0 Å². The molecule has 3 amide bonds. The molecule has 0 unspecified atom stereocenters. The summed E-state index contributed by atoms with van der Waals surface area (Å²) in [5, 5.41) is 19.7. The Balaban J connectivity index is -0.00000529. The molecule has 1 aromatic carbocycles. The normalized spacial score (nSPS) is 12.4. The number of hydrogen-bond donors (Lipinski definition) is 7. The van der Waals surface area contributed by atoms with Crippen molar-refractivity contribution >= 4 is 101 Å². The zero-order chi connectivity index (χ0) is 33.2. The number of hydrogen-bond acceptors (Lipinski definition) is 10. The molecule has 10 N–H and O–H groups in total. The van der Waals surface area contributed by atoms with Gasteiger partial charge in [0.05, 0.1) is 18.6 Å². The number of ketones is 2.